The summed E-state index contributed by atoms with van der Waals surface area (Å²) in [7, 11) is 0. The third-order valence-electron chi connectivity index (χ3n) is 7.14. The molecule has 0 radical (unpaired) electrons. The molecule has 1 saturated heterocycles. The van der Waals surface area contributed by atoms with Crippen molar-refractivity contribution in [1.29, 1.82) is 0 Å². The SMILES string of the molecule is CCOC(=O)C(c1ccc(Cc2c3cc(Cl)c(Cl)cc3n3c(C)cc(C)nc23)cc1)C1CCOCC1. The molecule has 0 bridgehead atoms. The molecule has 0 spiro atoms. The van der Waals surface area contributed by atoms with E-state index < -0.39 is 0 Å². The molecule has 1 aliphatic heterocycles. The molecule has 2 aromatic heterocycles. The van der Waals surface area contributed by atoms with Gasteiger partial charge in [0.1, 0.15) is 5.65 Å². The van der Waals surface area contributed by atoms with Gasteiger partial charge in [0, 0.05) is 42.0 Å². The number of ether oxygens (including phenoxy) is 2. The fraction of sp³-hybridized carbons (Fsp3) is 0.379. The molecule has 36 heavy (non-hydrogen) atoms. The Hall–Kier alpha value is -2.60. The summed E-state index contributed by atoms with van der Waals surface area (Å²) in [5.74, 6) is -0.194. The van der Waals surface area contributed by atoms with Crippen molar-refractivity contribution in [2.45, 2.75) is 46.0 Å². The van der Waals surface area contributed by atoms with Gasteiger partial charge in [-0.1, -0.05) is 47.5 Å². The maximum Gasteiger partial charge on any atom is 0.313 e. The van der Waals surface area contributed by atoms with E-state index in [2.05, 4.69) is 41.7 Å². The lowest BCUT2D eigenvalue weighted by Gasteiger charge is -2.29. The fourth-order valence-corrected chi connectivity index (χ4v) is 5.80. The molecule has 0 N–H and O–H groups in total. The van der Waals surface area contributed by atoms with Gasteiger partial charge in [0.05, 0.1) is 28.1 Å². The average molecular weight is 525 g/mol. The molecule has 7 heteroatoms. The van der Waals surface area contributed by atoms with Crippen molar-refractivity contribution in [3.05, 3.63) is 80.6 Å². The van der Waals surface area contributed by atoms with Crippen molar-refractivity contribution in [3.63, 3.8) is 0 Å². The molecular weight excluding hydrogens is 495 g/mol. The Morgan fingerprint density at radius 1 is 1.11 bits per heavy atom. The van der Waals surface area contributed by atoms with Crippen LogP contribution in [0.5, 0.6) is 0 Å². The van der Waals surface area contributed by atoms with E-state index in [0.717, 1.165) is 57.5 Å². The van der Waals surface area contributed by atoms with Gasteiger partial charge in [-0.3, -0.25) is 9.20 Å². The number of benzene rings is 2. The molecular formula is C29H30Cl2N2O3. The van der Waals surface area contributed by atoms with Crippen molar-refractivity contribution in [3.8, 4) is 0 Å². The molecule has 1 aliphatic rings. The molecule has 1 atom stereocenters. The van der Waals surface area contributed by atoms with E-state index in [1.54, 1.807) is 0 Å². The van der Waals surface area contributed by atoms with Crippen LogP contribution < -0.4 is 0 Å². The fourth-order valence-electron chi connectivity index (χ4n) is 5.48. The highest BCUT2D eigenvalue weighted by Gasteiger charge is 2.32. The highest BCUT2D eigenvalue weighted by atomic mass is 35.5. The Labute approximate surface area is 221 Å². The maximum atomic E-state index is 12.9. The van der Waals surface area contributed by atoms with Gasteiger partial charge in [0.2, 0.25) is 0 Å². The Morgan fingerprint density at radius 2 is 1.81 bits per heavy atom. The Bertz CT molecular complexity index is 1420. The maximum absolute atomic E-state index is 12.9. The second kappa shape index (κ2) is 10.4. The van der Waals surface area contributed by atoms with Gasteiger partial charge in [-0.25, -0.2) is 4.98 Å². The smallest absolute Gasteiger partial charge is 0.313 e. The molecule has 3 heterocycles. The zero-order valence-electron chi connectivity index (χ0n) is 20.8. The minimum Gasteiger partial charge on any atom is -0.466 e. The van der Waals surface area contributed by atoms with Gasteiger partial charge >= 0.3 is 5.97 Å². The summed E-state index contributed by atoms with van der Waals surface area (Å²) in [4.78, 5) is 17.8. The number of halogens is 2. The first kappa shape index (κ1) is 25.1. The summed E-state index contributed by atoms with van der Waals surface area (Å²) in [6.07, 6.45) is 2.41. The van der Waals surface area contributed by atoms with Crippen LogP contribution in [0.3, 0.4) is 0 Å². The lowest BCUT2D eigenvalue weighted by atomic mass is 9.81. The summed E-state index contributed by atoms with van der Waals surface area (Å²) in [5.41, 5.74) is 7.20. The lowest BCUT2D eigenvalue weighted by Crippen LogP contribution is -2.29. The van der Waals surface area contributed by atoms with Crippen LogP contribution in [0.2, 0.25) is 10.0 Å². The van der Waals surface area contributed by atoms with Crippen LogP contribution in [-0.4, -0.2) is 35.2 Å². The topological polar surface area (TPSA) is 52.8 Å². The van der Waals surface area contributed by atoms with Gasteiger partial charge in [-0.05, 0) is 68.9 Å². The van der Waals surface area contributed by atoms with E-state index in [1.165, 1.54) is 0 Å². The van der Waals surface area contributed by atoms with Crippen molar-refractivity contribution in [2.24, 2.45) is 5.92 Å². The molecule has 1 unspecified atom stereocenters. The van der Waals surface area contributed by atoms with E-state index in [4.69, 9.17) is 37.7 Å². The van der Waals surface area contributed by atoms with Gasteiger partial charge in [-0.15, -0.1) is 0 Å². The van der Waals surface area contributed by atoms with E-state index in [9.17, 15) is 4.79 Å². The summed E-state index contributed by atoms with van der Waals surface area (Å²) < 4.78 is 13.1. The molecule has 0 amide bonds. The zero-order chi connectivity index (χ0) is 25.4. The molecule has 5 rings (SSSR count). The standard InChI is InChI=1S/C29H30Cl2N2O3/c1-4-36-29(34)27(21-9-11-35-12-10-21)20-7-5-19(6-8-20)14-23-22-15-24(30)25(31)16-26(22)33-18(3)13-17(2)32-28(23)33/h5-8,13,15-16,21,27H,4,9-12,14H2,1-3H3. The van der Waals surface area contributed by atoms with E-state index in [-0.39, 0.29) is 17.8 Å². The predicted octanol–water partition coefficient (Wildman–Crippen LogP) is 7.08. The first-order chi connectivity index (χ1) is 17.4. The lowest BCUT2D eigenvalue weighted by molar-refractivity contribution is -0.147. The number of hydrogen-bond acceptors (Lipinski definition) is 4. The van der Waals surface area contributed by atoms with E-state index in [0.29, 0.717) is 36.3 Å². The predicted molar refractivity (Wildman–Crippen MR) is 144 cm³/mol. The van der Waals surface area contributed by atoms with Crippen LogP contribution in [-0.2, 0) is 20.7 Å². The number of rotatable bonds is 6. The van der Waals surface area contributed by atoms with Crippen molar-refractivity contribution < 1.29 is 14.3 Å². The van der Waals surface area contributed by atoms with Crippen molar-refractivity contribution >= 4 is 45.7 Å². The molecule has 0 aliphatic carbocycles. The van der Waals surface area contributed by atoms with Crippen LogP contribution in [0.1, 0.15) is 53.8 Å². The zero-order valence-corrected chi connectivity index (χ0v) is 22.3. The third-order valence-corrected chi connectivity index (χ3v) is 7.86. The second-order valence-corrected chi connectivity index (χ2v) is 10.4. The molecule has 2 aromatic carbocycles. The normalized spacial score (nSPS) is 15.5. The molecule has 0 saturated carbocycles. The van der Waals surface area contributed by atoms with E-state index >= 15 is 0 Å². The second-order valence-electron chi connectivity index (χ2n) is 9.56. The number of carbonyl (C=O) groups is 1. The molecule has 1 fully saturated rings. The third kappa shape index (κ3) is 4.72. The highest BCUT2D eigenvalue weighted by molar-refractivity contribution is 6.42. The van der Waals surface area contributed by atoms with Gasteiger partial charge in [0.25, 0.3) is 0 Å². The molecule has 188 valence electrons. The Balaban J connectivity index is 1.53. The van der Waals surface area contributed by atoms with Crippen molar-refractivity contribution in [2.75, 3.05) is 19.8 Å². The minimum absolute atomic E-state index is 0.150. The van der Waals surface area contributed by atoms with Gasteiger partial charge < -0.3 is 9.47 Å². The summed E-state index contributed by atoms with van der Waals surface area (Å²) in [6.45, 7) is 7.69. The van der Waals surface area contributed by atoms with Gasteiger partial charge in [-0.2, -0.15) is 0 Å². The van der Waals surface area contributed by atoms with Crippen LogP contribution in [0.25, 0.3) is 16.6 Å². The first-order valence-electron chi connectivity index (χ1n) is 12.5. The first-order valence-corrected chi connectivity index (χ1v) is 13.2. The number of aryl methyl sites for hydroxylation is 2. The van der Waals surface area contributed by atoms with Crippen LogP contribution in [0.4, 0.5) is 0 Å². The van der Waals surface area contributed by atoms with Crippen molar-refractivity contribution in [1.82, 2.24) is 9.38 Å². The van der Waals surface area contributed by atoms with E-state index in [1.807, 2.05) is 26.0 Å². The number of carbonyl (C=O) groups excluding carboxylic acids is 1. The number of nitrogens with zero attached hydrogens (tertiary/aromatic N) is 2. The Kier molecular flexibility index (Phi) is 7.25. The quantitative estimate of drug-likeness (QED) is 0.253. The molecule has 5 nitrogen and oxygen atoms in total. The summed E-state index contributed by atoms with van der Waals surface area (Å²) in [6, 6.07) is 14.3. The minimum atomic E-state index is -0.271. The number of esters is 1. The Morgan fingerprint density at radius 3 is 2.50 bits per heavy atom. The van der Waals surface area contributed by atoms with Crippen LogP contribution >= 0.6 is 23.2 Å². The molecule has 4 aromatic rings. The monoisotopic (exact) mass is 524 g/mol. The van der Waals surface area contributed by atoms with Crippen LogP contribution in [0.15, 0.2) is 42.5 Å². The highest BCUT2D eigenvalue weighted by Crippen LogP contribution is 2.36. The summed E-state index contributed by atoms with van der Waals surface area (Å²) in [5, 5.41) is 2.10. The largest absolute Gasteiger partial charge is 0.466 e. The number of fused-ring (bicyclic) bond motifs is 3. The summed E-state index contributed by atoms with van der Waals surface area (Å²) >= 11 is 12.8. The van der Waals surface area contributed by atoms with Crippen LogP contribution in [0, 0.1) is 19.8 Å². The number of hydrogen-bond donors (Lipinski definition) is 0. The van der Waals surface area contributed by atoms with Gasteiger partial charge in [0.15, 0.2) is 0 Å². The average Bonchev–Trinajstić information content (AvgIpc) is 3.14. The number of aromatic nitrogens is 2.